The Morgan fingerprint density at radius 3 is 3.45 bits per heavy atom. The molecule has 0 aliphatic carbocycles. The number of aromatic amines is 1. The minimum Gasteiger partial charge on any atom is -0.328 e. The van der Waals surface area contributed by atoms with Crippen LogP contribution >= 0.6 is 0 Å². The van der Waals surface area contributed by atoms with Gasteiger partial charge in [-0.15, -0.1) is 0 Å². The average Bonchev–Trinajstić information content (AvgIpc) is 2.47. The van der Waals surface area contributed by atoms with Gasteiger partial charge in [0, 0.05) is 11.1 Å². The van der Waals surface area contributed by atoms with Gasteiger partial charge in [-0.05, 0) is 0 Å². The van der Waals surface area contributed by atoms with Crippen LogP contribution in [0.3, 0.4) is 0 Å². The van der Waals surface area contributed by atoms with Gasteiger partial charge in [0.25, 0.3) is 5.56 Å². The number of rotatable bonds is 0. The van der Waals surface area contributed by atoms with Crippen LogP contribution in [0.5, 0.6) is 0 Å². The molecule has 5 heteroatoms. The first-order chi connectivity index (χ1) is 6.50. The first kappa shape index (κ1) is 3.66. The molecule has 56 valence electrons. The highest BCUT2D eigenvalue weighted by Gasteiger charge is 2.02. The lowest BCUT2D eigenvalue weighted by atomic mass is 10.5. The normalized spacial score (nSPS) is 15.8. The molecule has 0 saturated carbocycles. The van der Waals surface area contributed by atoms with Crippen molar-refractivity contribution in [3.05, 3.63) is 23.0 Å². The predicted molar refractivity (Wildman–Crippen MR) is 39.1 cm³/mol. The van der Waals surface area contributed by atoms with Gasteiger partial charge >= 0.3 is 0 Å². The Kier molecular flexibility index (Phi) is 0.637. The molecule has 2 heterocycles. The van der Waals surface area contributed by atoms with Crippen LogP contribution < -0.4 is 5.56 Å². The zero-order valence-corrected chi connectivity index (χ0v) is 5.40. The number of aryl methyl sites for hydroxylation is 1. The van der Waals surface area contributed by atoms with E-state index in [1.807, 2.05) is 0 Å². The Bertz CT molecular complexity index is 526. The van der Waals surface area contributed by atoms with Gasteiger partial charge in [-0.3, -0.25) is 4.79 Å². The van der Waals surface area contributed by atoms with Crippen LogP contribution in [0.1, 0.15) is 4.11 Å². The molecule has 2 rings (SSSR count). The molecule has 0 unspecified atom stereocenters. The van der Waals surface area contributed by atoms with E-state index in [1.165, 1.54) is 6.33 Å². The number of nitrogens with zero attached hydrogens (tertiary/aromatic N) is 3. The first-order valence-electron chi connectivity index (χ1n) is 4.41. The van der Waals surface area contributed by atoms with Crippen molar-refractivity contribution < 1.29 is 4.11 Å². The van der Waals surface area contributed by atoms with E-state index in [1.54, 1.807) is 0 Å². The molecule has 0 aliphatic rings. The maximum absolute atomic E-state index is 11.3. The molecule has 1 N–H and O–H groups in total. The van der Waals surface area contributed by atoms with Gasteiger partial charge in [0.05, 0.1) is 12.7 Å². The monoisotopic (exact) mass is 153 g/mol. The third kappa shape index (κ3) is 0.739. The summed E-state index contributed by atoms with van der Waals surface area (Å²) in [4.78, 5) is 21.1. The Balaban J connectivity index is 2.87. The van der Waals surface area contributed by atoms with Gasteiger partial charge in [-0.2, -0.15) is 0 Å². The molecule has 0 spiro atoms. The van der Waals surface area contributed by atoms with Crippen LogP contribution in [0.2, 0.25) is 0 Å². The molecule has 0 fully saturated rings. The summed E-state index contributed by atoms with van der Waals surface area (Å²) in [5, 5.41) is 0. The maximum Gasteiger partial charge on any atom is 0.276 e. The quantitative estimate of drug-likeness (QED) is 0.563. The SMILES string of the molecule is [2H]C([2H])([2H])n1cnc2nc[nH]c(=O)c21. The molecule has 0 aromatic carbocycles. The van der Waals surface area contributed by atoms with Gasteiger partial charge in [-0.25, -0.2) is 9.97 Å². The second kappa shape index (κ2) is 1.91. The molecule has 0 amide bonds. The predicted octanol–water partition coefficient (Wildman–Crippen LogP) is -0.343. The number of imidazole rings is 1. The smallest absolute Gasteiger partial charge is 0.276 e. The Morgan fingerprint density at radius 1 is 1.73 bits per heavy atom. The Hall–Kier alpha value is -1.65. The highest BCUT2D eigenvalue weighted by Crippen LogP contribution is 1.99. The third-order valence-corrected chi connectivity index (χ3v) is 1.35. The van der Waals surface area contributed by atoms with Crippen LogP contribution in [0, 0.1) is 0 Å². The second-order valence-electron chi connectivity index (χ2n) is 2.02. The fourth-order valence-corrected chi connectivity index (χ4v) is 0.865. The van der Waals surface area contributed by atoms with E-state index in [-0.39, 0.29) is 11.2 Å². The number of hydrogen-bond donors (Lipinski definition) is 1. The van der Waals surface area contributed by atoms with Crippen molar-refractivity contribution in [2.75, 3.05) is 0 Å². The van der Waals surface area contributed by atoms with Crippen LogP contribution in [0.15, 0.2) is 17.4 Å². The molecule has 0 bridgehead atoms. The number of H-pyrrole nitrogens is 1. The van der Waals surface area contributed by atoms with E-state index in [0.717, 1.165) is 10.9 Å². The van der Waals surface area contributed by atoms with Gasteiger partial charge in [0.15, 0.2) is 11.2 Å². The summed E-state index contributed by atoms with van der Waals surface area (Å²) < 4.78 is 22.3. The van der Waals surface area contributed by atoms with E-state index in [4.69, 9.17) is 4.11 Å². The highest BCUT2D eigenvalue weighted by molar-refractivity contribution is 5.68. The largest absolute Gasteiger partial charge is 0.328 e. The summed E-state index contributed by atoms with van der Waals surface area (Å²) in [6.45, 7) is -2.41. The lowest BCUT2D eigenvalue weighted by Crippen LogP contribution is -2.08. The molecular weight excluding hydrogens is 144 g/mol. The van der Waals surface area contributed by atoms with Crippen molar-refractivity contribution in [1.29, 1.82) is 0 Å². The van der Waals surface area contributed by atoms with E-state index in [2.05, 4.69) is 15.0 Å². The highest BCUT2D eigenvalue weighted by atomic mass is 16.1. The topological polar surface area (TPSA) is 63.6 Å². The van der Waals surface area contributed by atoms with Crippen molar-refractivity contribution in [3.8, 4) is 0 Å². The number of nitrogens with one attached hydrogen (secondary N) is 1. The fraction of sp³-hybridized carbons (Fsp3) is 0.167. The van der Waals surface area contributed by atoms with Crippen molar-refractivity contribution in [3.63, 3.8) is 0 Å². The van der Waals surface area contributed by atoms with Gasteiger partial charge in [-0.1, -0.05) is 0 Å². The first-order valence-corrected chi connectivity index (χ1v) is 2.91. The lowest BCUT2D eigenvalue weighted by Gasteiger charge is -1.88. The fourth-order valence-electron chi connectivity index (χ4n) is 0.865. The van der Waals surface area contributed by atoms with Gasteiger partial charge < -0.3 is 9.55 Å². The Morgan fingerprint density at radius 2 is 2.64 bits per heavy atom. The number of hydrogen-bond acceptors (Lipinski definition) is 3. The zero-order valence-electron chi connectivity index (χ0n) is 8.40. The molecule has 2 aromatic rings. The van der Waals surface area contributed by atoms with Gasteiger partial charge in [0.2, 0.25) is 0 Å². The minimum atomic E-state index is -2.41. The second-order valence-corrected chi connectivity index (χ2v) is 2.02. The number of aromatic nitrogens is 4. The van der Waals surface area contributed by atoms with E-state index in [0.29, 0.717) is 0 Å². The summed E-state index contributed by atoms with van der Waals surface area (Å²) in [5.41, 5.74) is -0.416. The van der Waals surface area contributed by atoms with Gasteiger partial charge in [0.1, 0.15) is 0 Å². The number of fused-ring (bicyclic) bond motifs is 1. The van der Waals surface area contributed by atoms with Crippen molar-refractivity contribution in [1.82, 2.24) is 19.5 Å². The van der Waals surface area contributed by atoms with Crippen LogP contribution in [0.25, 0.3) is 11.2 Å². The van der Waals surface area contributed by atoms with Crippen LogP contribution in [0.4, 0.5) is 0 Å². The van der Waals surface area contributed by atoms with Crippen molar-refractivity contribution in [2.45, 2.75) is 0 Å². The Labute approximate surface area is 65.9 Å². The van der Waals surface area contributed by atoms with Crippen molar-refractivity contribution in [2.24, 2.45) is 6.98 Å². The molecule has 0 radical (unpaired) electrons. The van der Waals surface area contributed by atoms with Crippen molar-refractivity contribution >= 4 is 11.2 Å². The average molecular weight is 153 g/mol. The van der Waals surface area contributed by atoms with E-state index < -0.39 is 12.5 Å². The zero-order chi connectivity index (χ0) is 10.3. The van der Waals surface area contributed by atoms with E-state index in [9.17, 15) is 4.79 Å². The standard InChI is InChI=1S/C6H6N4O/c1-10-3-9-5-4(10)6(11)8-2-7-5/h2-3H,1H3,(H,7,8,11)/i1D3. The molecule has 2 aromatic heterocycles. The third-order valence-electron chi connectivity index (χ3n) is 1.35. The van der Waals surface area contributed by atoms with E-state index >= 15 is 0 Å². The molecule has 11 heavy (non-hydrogen) atoms. The summed E-state index contributed by atoms with van der Waals surface area (Å²) in [7, 11) is 0. The molecular formula is C6H6N4O. The minimum absolute atomic E-state index is 0.0347. The summed E-state index contributed by atoms with van der Waals surface area (Å²) in [6, 6.07) is 0. The molecule has 0 aliphatic heterocycles. The summed E-state index contributed by atoms with van der Waals surface area (Å²) in [5.74, 6) is 0. The maximum atomic E-state index is 11.3. The lowest BCUT2D eigenvalue weighted by molar-refractivity contribution is 0.938. The van der Waals surface area contributed by atoms with Crippen LogP contribution in [-0.4, -0.2) is 19.5 Å². The molecule has 0 saturated heterocycles. The molecule has 5 nitrogen and oxygen atoms in total. The summed E-state index contributed by atoms with van der Waals surface area (Å²) in [6.07, 6.45) is 2.27. The molecule has 0 atom stereocenters. The summed E-state index contributed by atoms with van der Waals surface area (Å²) >= 11 is 0. The van der Waals surface area contributed by atoms with Crippen LogP contribution in [-0.2, 0) is 6.98 Å².